The van der Waals surface area contributed by atoms with E-state index < -0.39 is 75.4 Å². The molecular formula is C52H39Cl2F3N4O7. The summed E-state index contributed by atoms with van der Waals surface area (Å²) in [5.74, 6) is -6.17. The van der Waals surface area contributed by atoms with E-state index >= 15 is 14.4 Å². The molecule has 2 aliphatic carbocycles. The van der Waals surface area contributed by atoms with Crippen LogP contribution in [0.2, 0.25) is 10.0 Å². The van der Waals surface area contributed by atoms with Gasteiger partial charge in [0.05, 0.1) is 53.7 Å². The fraction of sp³-hybridized carbons (Fsp3) is 0.212. The second-order valence-corrected chi connectivity index (χ2v) is 18.0. The standard InChI is InChI=1S/C52H39Cl2F3N4O7/c1-67-33-17-22-43(68-2)28(23-33)10-7-27-8-15-32(16-9-27)60-47(63)38-19-18-37-39(44(38)49(60)65)25-40-48(64)61(59-46-41(54)24-30(26-58-46)52(55,56)57)50(66)51(40,29-11-13-31(53)14-12-29)45(37)36-20-21-42(62)35-6-4-3-5-34(35)36/h3-18,20-24,26,38-40,44-45,62H,19,25H2,1-2H3,(H,58,59)/t38-,39+,40-,44-,45-,51+/m0/s1. The van der Waals surface area contributed by atoms with Crippen molar-refractivity contribution in [3.05, 3.63) is 165 Å². The van der Waals surface area contributed by atoms with E-state index in [-0.39, 0.29) is 24.4 Å². The number of imide groups is 2. The number of methoxy groups -OCH3 is 2. The van der Waals surface area contributed by atoms with Crippen molar-refractivity contribution < 1.29 is 46.9 Å². The number of rotatable bonds is 9. The molecule has 3 fully saturated rings. The highest BCUT2D eigenvalue weighted by Gasteiger charge is 2.70. The van der Waals surface area contributed by atoms with Gasteiger partial charge in [-0.2, -0.15) is 18.2 Å². The van der Waals surface area contributed by atoms with Gasteiger partial charge in [-0.25, -0.2) is 4.98 Å². The number of phenols is 1. The Bertz CT molecular complexity index is 3140. The summed E-state index contributed by atoms with van der Waals surface area (Å²) in [7, 11) is 3.15. The Morgan fingerprint density at radius 2 is 1.56 bits per heavy atom. The zero-order valence-electron chi connectivity index (χ0n) is 36.1. The number of aromatic nitrogens is 1. The van der Waals surface area contributed by atoms with E-state index in [1.165, 1.54) is 11.0 Å². The van der Waals surface area contributed by atoms with Gasteiger partial charge in [-0.05, 0) is 95.4 Å². The first kappa shape index (κ1) is 44.7. The van der Waals surface area contributed by atoms with E-state index in [9.17, 15) is 23.1 Å². The number of pyridine rings is 1. The third kappa shape index (κ3) is 7.07. The quantitative estimate of drug-likeness (QED) is 0.0824. The number of benzene rings is 5. The molecule has 11 nitrogen and oxygen atoms in total. The second-order valence-electron chi connectivity index (χ2n) is 17.2. The van der Waals surface area contributed by atoms with Crippen molar-refractivity contribution in [2.45, 2.75) is 30.4 Å². The van der Waals surface area contributed by atoms with Crippen molar-refractivity contribution in [1.82, 2.24) is 9.99 Å². The number of ether oxygens (including phenoxy) is 2. The number of nitrogens with one attached hydrogen (secondary N) is 1. The number of halogens is 5. The summed E-state index contributed by atoms with van der Waals surface area (Å²) in [6.07, 6.45) is 1.49. The van der Waals surface area contributed by atoms with E-state index in [1.54, 1.807) is 105 Å². The van der Waals surface area contributed by atoms with Gasteiger partial charge in [-0.1, -0.05) is 102 Å². The number of carbonyl (C=O) groups excluding carboxylic acids is 4. The minimum Gasteiger partial charge on any atom is -0.507 e. The maximum Gasteiger partial charge on any atom is 0.417 e. The molecule has 2 N–H and O–H groups in total. The first-order valence-corrected chi connectivity index (χ1v) is 22.3. The third-order valence-corrected chi connectivity index (χ3v) is 14.4. The summed E-state index contributed by atoms with van der Waals surface area (Å²) < 4.78 is 51.9. The van der Waals surface area contributed by atoms with Gasteiger partial charge in [0, 0.05) is 28.1 Å². The van der Waals surface area contributed by atoms with Gasteiger partial charge in [-0.15, -0.1) is 0 Å². The lowest BCUT2D eigenvalue weighted by molar-refractivity contribution is -0.139. The molecule has 0 bridgehead atoms. The summed E-state index contributed by atoms with van der Waals surface area (Å²) in [6.45, 7) is 0. The lowest BCUT2D eigenvalue weighted by Gasteiger charge is -2.51. The normalized spacial score (nSPS) is 23.5. The van der Waals surface area contributed by atoms with Crippen molar-refractivity contribution in [2.75, 3.05) is 24.5 Å². The fourth-order valence-electron chi connectivity index (χ4n) is 10.8. The molecule has 5 aromatic carbocycles. The number of aromatic hydroxyl groups is 1. The molecule has 68 heavy (non-hydrogen) atoms. The highest BCUT2D eigenvalue weighted by atomic mass is 35.5. The van der Waals surface area contributed by atoms with Crippen LogP contribution in [0.5, 0.6) is 17.2 Å². The number of hydrogen-bond donors (Lipinski definition) is 2. The molecule has 4 amide bonds. The van der Waals surface area contributed by atoms with E-state index in [2.05, 4.69) is 10.4 Å². The molecule has 2 aliphatic heterocycles. The van der Waals surface area contributed by atoms with Crippen LogP contribution < -0.4 is 19.8 Å². The van der Waals surface area contributed by atoms with Crippen molar-refractivity contribution in [1.29, 1.82) is 0 Å². The smallest absolute Gasteiger partial charge is 0.417 e. The Balaban J connectivity index is 1.08. The van der Waals surface area contributed by atoms with Crippen LogP contribution in [0.3, 0.4) is 0 Å². The van der Waals surface area contributed by atoms with Crippen LogP contribution >= 0.6 is 23.2 Å². The largest absolute Gasteiger partial charge is 0.507 e. The summed E-state index contributed by atoms with van der Waals surface area (Å²) in [6, 6.07) is 29.9. The van der Waals surface area contributed by atoms with E-state index in [1.807, 2.05) is 24.3 Å². The minimum atomic E-state index is -4.77. The highest BCUT2D eigenvalue weighted by molar-refractivity contribution is 6.33. The number of anilines is 2. The number of nitrogens with zero attached hydrogens (tertiary/aromatic N) is 3. The monoisotopic (exact) mass is 958 g/mol. The van der Waals surface area contributed by atoms with Gasteiger partial charge in [0.1, 0.15) is 17.2 Å². The van der Waals surface area contributed by atoms with E-state index in [0.717, 1.165) is 16.1 Å². The molecule has 10 rings (SSSR count). The zero-order valence-corrected chi connectivity index (χ0v) is 37.6. The number of fused-ring (bicyclic) bond motifs is 5. The van der Waals surface area contributed by atoms with Crippen LogP contribution in [0, 0.1) is 23.7 Å². The molecule has 16 heteroatoms. The first-order valence-electron chi connectivity index (χ1n) is 21.6. The van der Waals surface area contributed by atoms with Crippen molar-refractivity contribution in [3.8, 4) is 17.2 Å². The summed E-state index contributed by atoms with van der Waals surface area (Å²) >= 11 is 12.8. The zero-order chi connectivity index (χ0) is 47.8. The molecule has 1 saturated carbocycles. The molecule has 2 saturated heterocycles. The Kier molecular flexibility index (Phi) is 11.1. The number of alkyl halides is 3. The van der Waals surface area contributed by atoms with Gasteiger partial charge in [-0.3, -0.25) is 29.5 Å². The van der Waals surface area contributed by atoms with Crippen LogP contribution in [0.15, 0.2) is 127 Å². The highest BCUT2D eigenvalue weighted by Crippen LogP contribution is 2.65. The summed E-state index contributed by atoms with van der Waals surface area (Å²) in [4.78, 5) is 65.5. The molecular weight excluding hydrogens is 920 g/mol. The van der Waals surface area contributed by atoms with Gasteiger partial charge in [0.25, 0.3) is 11.8 Å². The van der Waals surface area contributed by atoms with Crippen LogP contribution in [0.1, 0.15) is 46.6 Å². The van der Waals surface area contributed by atoms with Crippen LogP contribution in [-0.4, -0.2) is 52.9 Å². The molecule has 3 heterocycles. The van der Waals surface area contributed by atoms with Gasteiger partial charge in [0.2, 0.25) is 11.8 Å². The predicted molar refractivity (Wildman–Crippen MR) is 250 cm³/mol. The van der Waals surface area contributed by atoms with Crippen LogP contribution in [0.4, 0.5) is 24.7 Å². The van der Waals surface area contributed by atoms with Gasteiger partial charge in [0.15, 0.2) is 5.82 Å². The van der Waals surface area contributed by atoms with E-state index in [0.29, 0.717) is 61.9 Å². The number of phenolic OH excluding ortho intramolecular Hbond substituents is 1. The Labute approximate surface area is 397 Å². The van der Waals surface area contributed by atoms with Crippen molar-refractivity contribution >= 4 is 81.3 Å². The summed E-state index contributed by atoms with van der Waals surface area (Å²) in [5, 5.41) is 12.8. The van der Waals surface area contributed by atoms with Gasteiger partial charge < -0.3 is 14.6 Å². The lowest BCUT2D eigenvalue weighted by atomic mass is 9.49. The Morgan fingerprint density at radius 3 is 2.25 bits per heavy atom. The number of allylic oxidation sites excluding steroid dienone is 2. The lowest BCUT2D eigenvalue weighted by Crippen LogP contribution is -2.53. The Morgan fingerprint density at radius 1 is 0.824 bits per heavy atom. The van der Waals surface area contributed by atoms with E-state index in [4.69, 9.17) is 32.7 Å². The number of hydrogen-bond acceptors (Lipinski definition) is 9. The fourth-order valence-corrected chi connectivity index (χ4v) is 11.2. The van der Waals surface area contributed by atoms with Crippen molar-refractivity contribution in [3.63, 3.8) is 0 Å². The average Bonchev–Trinajstić information content (AvgIpc) is 3.72. The molecule has 1 aromatic heterocycles. The van der Waals surface area contributed by atoms with Crippen LogP contribution in [-0.2, 0) is 30.8 Å². The van der Waals surface area contributed by atoms with Gasteiger partial charge >= 0.3 is 6.18 Å². The molecule has 0 unspecified atom stereocenters. The van der Waals surface area contributed by atoms with Crippen molar-refractivity contribution in [2.24, 2.45) is 23.7 Å². The molecule has 0 spiro atoms. The maximum absolute atomic E-state index is 15.7. The number of carbonyl (C=O) groups is 4. The number of hydrazine groups is 1. The average molecular weight is 960 g/mol. The second kappa shape index (κ2) is 16.9. The minimum absolute atomic E-state index is 0.0274. The molecule has 6 atom stereocenters. The third-order valence-electron chi connectivity index (χ3n) is 13.8. The molecule has 6 aromatic rings. The topological polar surface area (TPSA) is 138 Å². The predicted octanol–water partition coefficient (Wildman–Crippen LogP) is 10.6. The number of amides is 4. The SMILES string of the molecule is COc1ccc(OC)c(C=Cc2ccc(N3C(=O)[C@H]4[C@H](CC=C5[C@H]4C[C@H]4C(=O)N(Nc6ncc(C(F)(F)F)cc6Cl)C(=O)[C@@]4(c4ccc(Cl)cc4)[C@H]5c4ccc(O)c5ccccc45)C3=O)cc2)c1. The Hall–Kier alpha value is -7.16. The first-order chi connectivity index (χ1) is 32.6. The molecule has 4 aliphatic rings. The summed E-state index contributed by atoms with van der Waals surface area (Å²) in [5.41, 5.74) is 3.30. The molecule has 344 valence electrons. The molecule has 0 radical (unpaired) electrons. The van der Waals surface area contributed by atoms with Crippen LogP contribution in [0.25, 0.3) is 22.9 Å². The maximum atomic E-state index is 15.7.